The number of aromatic nitrogens is 6. The van der Waals surface area contributed by atoms with E-state index in [1.54, 1.807) is 18.6 Å². The predicted octanol–water partition coefficient (Wildman–Crippen LogP) is 3.23. The van der Waals surface area contributed by atoms with Gasteiger partial charge in [0.2, 0.25) is 5.89 Å². The predicted molar refractivity (Wildman–Crippen MR) is 111 cm³/mol. The maximum Gasteiger partial charge on any atom is 0.312 e. The number of fused-ring (bicyclic) bond motifs is 2. The van der Waals surface area contributed by atoms with Crippen LogP contribution in [-0.2, 0) is 6.42 Å². The van der Waals surface area contributed by atoms with Gasteiger partial charge in [-0.25, -0.2) is 14.4 Å². The zero-order valence-corrected chi connectivity index (χ0v) is 17.3. The van der Waals surface area contributed by atoms with Crippen molar-refractivity contribution in [1.29, 1.82) is 0 Å². The van der Waals surface area contributed by atoms with Crippen molar-refractivity contribution in [3.05, 3.63) is 77.4 Å². The van der Waals surface area contributed by atoms with Gasteiger partial charge < -0.3 is 18.7 Å². The van der Waals surface area contributed by atoms with E-state index in [4.69, 9.17) is 8.83 Å². The molecule has 164 valence electrons. The summed E-state index contributed by atoms with van der Waals surface area (Å²) in [6.45, 7) is 2.26. The van der Waals surface area contributed by atoms with Gasteiger partial charge in [0.25, 0.3) is 5.89 Å². The summed E-state index contributed by atoms with van der Waals surface area (Å²) in [5.41, 5.74) is 3.68. The van der Waals surface area contributed by atoms with E-state index in [9.17, 15) is 9.18 Å². The first kappa shape index (κ1) is 19.3. The summed E-state index contributed by atoms with van der Waals surface area (Å²) >= 11 is 0. The molecule has 4 aromatic heterocycles. The highest BCUT2D eigenvalue weighted by Gasteiger charge is 2.39. The van der Waals surface area contributed by atoms with Crippen LogP contribution in [-0.4, -0.2) is 47.5 Å². The molecule has 0 saturated carbocycles. The minimum Gasteiger partial charge on any atom is -0.438 e. The summed E-state index contributed by atoms with van der Waals surface area (Å²) in [4.78, 5) is 31.1. The lowest BCUT2D eigenvalue weighted by Crippen LogP contribution is -2.41. The lowest BCUT2D eigenvalue weighted by Gasteiger charge is -2.31. The SMILES string of the molecule is Cc1ccc(-c2nnc(C(=O)N3CCc4[nH]cnc4[C@H]3c3nc4cc(F)ccc4o3)o2)nc1. The van der Waals surface area contributed by atoms with Crippen LogP contribution in [0.15, 0.2) is 51.7 Å². The fourth-order valence-corrected chi connectivity index (χ4v) is 3.91. The van der Waals surface area contributed by atoms with Crippen LogP contribution < -0.4 is 0 Å². The number of aryl methyl sites for hydroxylation is 1. The van der Waals surface area contributed by atoms with Gasteiger partial charge in [0.1, 0.15) is 17.0 Å². The third-order valence-electron chi connectivity index (χ3n) is 5.52. The topological polar surface area (TPSA) is 127 Å². The highest BCUT2D eigenvalue weighted by atomic mass is 19.1. The lowest BCUT2D eigenvalue weighted by molar-refractivity contribution is 0.0627. The number of pyridine rings is 1. The van der Waals surface area contributed by atoms with E-state index in [1.165, 1.54) is 23.1 Å². The van der Waals surface area contributed by atoms with Gasteiger partial charge in [-0.1, -0.05) is 6.07 Å². The molecule has 1 atom stereocenters. The van der Waals surface area contributed by atoms with Crippen molar-refractivity contribution in [1.82, 2.24) is 35.0 Å². The molecule has 11 heteroatoms. The molecule has 1 aromatic carbocycles. The van der Waals surface area contributed by atoms with Crippen LogP contribution in [0.2, 0.25) is 0 Å². The molecule has 5 aromatic rings. The lowest BCUT2D eigenvalue weighted by atomic mass is 10.0. The Balaban J connectivity index is 1.39. The van der Waals surface area contributed by atoms with Gasteiger partial charge in [-0.2, -0.15) is 0 Å². The molecular weight excluding hydrogens is 429 g/mol. The van der Waals surface area contributed by atoms with E-state index in [-0.39, 0.29) is 17.7 Å². The van der Waals surface area contributed by atoms with E-state index in [0.717, 1.165) is 11.3 Å². The van der Waals surface area contributed by atoms with Crippen molar-refractivity contribution in [3.63, 3.8) is 0 Å². The minimum atomic E-state index is -0.740. The first-order chi connectivity index (χ1) is 16.1. The number of halogens is 1. The summed E-state index contributed by atoms with van der Waals surface area (Å²) < 4.78 is 25.2. The van der Waals surface area contributed by atoms with Gasteiger partial charge in [0.15, 0.2) is 11.6 Å². The molecule has 0 radical (unpaired) electrons. The number of rotatable bonds is 3. The van der Waals surface area contributed by atoms with Crippen molar-refractivity contribution in [2.24, 2.45) is 0 Å². The average Bonchev–Trinajstić information content (AvgIpc) is 3.57. The molecule has 6 rings (SSSR count). The van der Waals surface area contributed by atoms with Gasteiger partial charge in [-0.15, -0.1) is 10.2 Å². The van der Waals surface area contributed by atoms with E-state index in [1.807, 2.05) is 13.0 Å². The molecule has 1 amide bonds. The zero-order valence-electron chi connectivity index (χ0n) is 17.3. The number of nitrogens with zero attached hydrogens (tertiary/aromatic N) is 6. The number of hydrogen-bond acceptors (Lipinski definition) is 8. The Labute approximate surface area is 185 Å². The second-order valence-electron chi connectivity index (χ2n) is 7.71. The van der Waals surface area contributed by atoms with Crippen molar-refractivity contribution in [3.8, 4) is 11.6 Å². The molecule has 0 aliphatic carbocycles. The number of H-pyrrole nitrogens is 1. The van der Waals surface area contributed by atoms with Crippen LogP contribution >= 0.6 is 0 Å². The van der Waals surface area contributed by atoms with Gasteiger partial charge in [0.05, 0.1) is 12.0 Å². The number of aromatic amines is 1. The number of hydrogen-bond donors (Lipinski definition) is 1. The monoisotopic (exact) mass is 445 g/mol. The number of imidazole rings is 1. The Hall–Kier alpha value is -4.41. The molecular formula is C22H16FN7O3. The summed E-state index contributed by atoms with van der Waals surface area (Å²) in [5.74, 6) is -0.740. The number of carbonyl (C=O) groups excluding carboxylic acids is 1. The van der Waals surface area contributed by atoms with Crippen LogP contribution in [0.5, 0.6) is 0 Å². The summed E-state index contributed by atoms with van der Waals surface area (Å²) in [5, 5.41) is 7.92. The Morgan fingerprint density at radius 1 is 1.18 bits per heavy atom. The number of carbonyl (C=O) groups is 1. The molecule has 1 aliphatic heterocycles. The second-order valence-corrected chi connectivity index (χ2v) is 7.71. The molecule has 33 heavy (non-hydrogen) atoms. The number of nitrogens with one attached hydrogen (secondary N) is 1. The minimum absolute atomic E-state index is 0.143. The maximum absolute atomic E-state index is 13.7. The fraction of sp³-hybridized carbons (Fsp3) is 0.182. The van der Waals surface area contributed by atoms with Crippen LogP contribution in [0.25, 0.3) is 22.7 Å². The zero-order chi connectivity index (χ0) is 22.5. The van der Waals surface area contributed by atoms with Crippen LogP contribution in [0.1, 0.15) is 39.6 Å². The summed E-state index contributed by atoms with van der Waals surface area (Å²) in [7, 11) is 0. The number of oxazole rings is 1. The van der Waals surface area contributed by atoms with Crippen LogP contribution in [0.3, 0.4) is 0 Å². The molecule has 0 saturated heterocycles. The molecule has 0 unspecified atom stereocenters. The first-order valence-corrected chi connectivity index (χ1v) is 10.2. The van der Waals surface area contributed by atoms with Crippen molar-refractivity contribution in [2.75, 3.05) is 6.54 Å². The second kappa shape index (κ2) is 7.33. The normalized spacial score (nSPS) is 15.7. The van der Waals surface area contributed by atoms with Gasteiger partial charge in [-0.3, -0.25) is 9.78 Å². The summed E-state index contributed by atoms with van der Waals surface area (Å²) in [6, 6.07) is 6.94. The highest BCUT2D eigenvalue weighted by Crippen LogP contribution is 2.35. The Kier molecular flexibility index (Phi) is 4.28. The highest BCUT2D eigenvalue weighted by molar-refractivity contribution is 5.90. The smallest absolute Gasteiger partial charge is 0.312 e. The molecule has 0 spiro atoms. The Bertz CT molecular complexity index is 1490. The van der Waals surface area contributed by atoms with Crippen molar-refractivity contribution in [2.45, 2.75) is 19.4 Å². The number of amides is 1. The van der Waals surface area contributed by atoms with Gasteiger partial charge in [-0.05, 0) is 30.7 Å². The van der Waals surface area contributed by atoms with Gasteiger partial charge in [0, 0.05) is 30.9 Å². The molecule has 1 aliphatic rings. The van der Waals surface area contributed by atoms with E-state index in [2.05, 4.69) is 30.1 Å². The molecule has 5 heterocycles. The Morgan fingerprint density at radius 3 is 2.94 bits per heavy atom. The van der Waals surface area contributed by atoms with Crippen molar-refractivity contribution < 1.29 is 18.0 Å². The van der Waals surface area contributed by atoms with Crippen LogP contribution in [0, 0.1) is 12.7 Å². The molecule has 0 fully saturated rings. The van der Waals surface area contributed by atoms with Crippen molar-refractivity contribution >= 4 is 17.0 Å². The fourth-order valence-electron chi connectivity index (χ4n) is 3.91. The van der Waals surface area contributed by atoms with E-state index in [0.29, 0.717) is 35.5 Å². The molecule has 10 nitrogen and oxygen atoms in total. The number of benzene rings is 1. The van der Waals surface area contributed by atoms with Gasteiger partial charge >= 0.3 is 11.8 Å². The first-order valence-electron chi connectivity index (χ1n) is 10.2. The third-order valence-corrected chi connectivity index (χ3v) is 5.52. The third kappa shape index (κ3) is 3.25. The standard InChI is InChI=1S/C22H16FN7O3/c1-11-2-4-14(24-9-11)19-28-29-21(33-19)22(31)30-7-6-13-17(26-10-25-13)18(30)20-27-15-8-12(23)3-5-16(15)32-20/h2-5,8-10,18H,6-7H2,1H3,(H,25,26)/t18-/m0/s1. The quantitative estimate of drug-likeness (QED) is 0.448. The maximum atomic E-state index is 13.7. The Morgan fingerprint density at radius 2 is 2.09 bits per heavy atom. The summed E-state index contributed by atoms with van der Waals surface area (Å²) in [6.07, 6.45) is 3.78. The molecule has 0 bridgehead atoms. The average molecular weight is 445 g/mol. The molecule has 1 N–H and O–H groups in total. The largest absolute Gasteiger partial charge is 0.438 e. The van der Waals surface area contributed by atoms with Crippen LogP contribution in [0.4, 0.5) is 4.39 Å². The van der Waals surface area contributed by atoms with E-state index >= 15 is 0 Å². The van der Waals surface area contributed by atoms with E-state index < -0.39 is 17.8 Å².